The Balaban J connectivity index is 2.43. The fourth-order valence-electron chi connectivity index (χ4n) is 2.26. The second-order valence-electron chi connectivity index (χ2n) is 7.18. The number of thioether (sulfide) groups is 1. The van der Waals surface area contributed by atoms with Gasteiger partial charge in [0.15, 0.2) is 5.44 Å². The highest BCUT2D eigenvalue weighted by Crippen LogP contribution is 2.17. The van der Waals surface area contributed by atoms with Crippen LogP contribution in [0.3, 0.4) is 0 Å². The van der Waals surface area contributed by atoms with Crippen LogP contribution in [0, 0.1) is 16.6 Å². The molecule has 29 heavy (non-hydrogen) atoms. The van der Waals surface area contributed by atoms with Crippen LogP contribution in [0.4, 0.5) is 0 Å². The van der Waals surface area contributed by atoms with Gasteiger partial charge in [-0.3, -0.25) is 4.79 Å². The molecule has 0 fully saturated rings. The maximum Gasteiger partial charge on any atom is 0.251 e. The fourth-order valence-corrected chi connectivity index (χ4v) is 2.68. The highest BCUT2D eigenvalue weighted by Gasteiger charge is 2.12. The second-order valence-corrected chi connectivity index (χ2v) is 8.13. The molecule has 1 amide bonds. The number of carbonyl (C=O) groups excluding carboxylic acids is 1. The van der Waals surface area contributed by atoms with Crippen molar-refractivity contribution in [2.75, 3.05) is 39.5 Å². The van der Waals surface area contributed by atoms with Crippen LogP contribution in [0.25, 0.3) is 0 Å². The van der Waals surface area contributed by atoms with Crippen LogP contribution >= 0.6 is 11.8 Å². The predicted molar refractivity (Wildman–Crippen MR) is 116 cm³/mol. The lowest BCUT2D eigenvalue weighted by molar-refractivity contribution is 0.0163. The van der Waals surface area contributed by atoms with Crippen LogP contribution < -0.4 is 15.4 Å². The minimum absolute atomic E-state index is 0.150. The molecule has 7 nitrogen and oxygen atoms in total. The number of hydrogen-bond donors (Lipinski definition) is 2. The number of thiocyanates is 1. The van der Waals surface area contributed by atoms with Gasteiger partial charge in [0.05, 0.1) is 13.2 Å². The maximum atomic E-state index is 12.3. The van der Waals surface area contributed by atoms with Crippen LogP contribution in [-0.2, 0) is 9.47 Å². The molecule has 0 spiro atoms. The second kappa shape index (κ2) is 15.1. The molecule has 1 aromatic carbocycles. The van der Waals surface area contributed by atoms with Crippen molar-refractivity contribution in [2.45, 2.75) is 39.2 Å². The number of nitrogens with zero attached hydrogens (tertiary/aromatic N) is 1. The summed E-state index contributed by atoms with van der Waals surface area (Å²) in [7, 11) is 0. The van der Waals surface area contributed by atoms with Crippen molar-refractivity contribution in [2.24, 2.45) is 5.92 Å². The van der Waals surface area contributed by atoms with Crippen molar-refractivity contribution in [3.05, 3.63) is 29.8 Å². The fraction of sp³-hybridized carbons (Fsp3) is 0.619. The van der Waals surface area contributed by atoms with Gasteiger partial charge in [-0.1, -0.05) is 33.8 Å². The van der Waals surface area contributed by atoms with Crippen LogP contribution in [0.5, 0.6) is 5.75 Å². The molecule has 0 saturated heterocycles. The number of nitrogens with one attached hydrogen (secondary N) is 2. The predicted octanol–water partition coefficient (Wildman–Crippen LogP) is 3.02. The third-order valence-electron chi connectivity index (χ3n) is 3.61. The molecule has 0 aliphatic rings. The number of hydrogen-bond acceptors (Lipinski definition) is 7. The van der Waals surface area contributed by atoms with Gasteiger partial charge in [0, 0.05) is 31.3 Å². The minimum atomic E-state index is -0.428. The Kier molecular flexibility index (Phi) is 13.1. The van der Waals surface area contributed by atoms with E-state index in [4.69, 9.17) is 19.5 Å². The molecule has 8 heteroatoms. The summed E-state index contributed by atoms with van der Waals surface area (Å²) >= 11 is 1.00. The summed E-state index contributed by atoms with van der Waals surface area (Å²) in [6.45, 7) is 11.3. The number of carbonyl (C=O) groups is 1. The average molecular weight is 424 g/mol. The van der Waals surface area contributed by atoms with Gasteiger partial charge in [-0.05, 0) is 35.9 Å². The van der Waals surface area contributed by atoms with Gasteiger partial charge in [0.2, 0.25) is 0 Å². The Hall–Kier alpha value is -1.79. The van der Waals surface area contributed by atoms with Crippen LogP contribution in [0.1, 0.15) is 38.1 Å². The molecule has 1 atom stereocenters. The summed E-state index contributed by atoms with van der Waals surface area (Å²) < 4.78 is 16.9. The molecule has 0 aromatic heterocycles. The first-order valence-corrected chi connectivity index (χ1v) is 10.8. The molecule has 1 rings (SSSR count). The quantitative estimate of drug-likeness (QED) is 0.254. The first-order valence-electron chi connectivity index (χ1n) is 9.91. The monoisotopic (exact) mass is 423 g/mol. The third kappa shape index (κ3) is 12.4. The topological polar surface area (TPSA) is 92.6 Å². The van der Waals surface area contributed by atoms with Crippen molar-refractivity contribution >= 4 is 17.7 Å². The molecule has 1 unspecified atom stereocenters. The normalized spacial score (nSPS) is 12.0. The zero-order chi connectivity index (χ0) is 21.5. The summed E-state index contributed by atoms with van der Waals surface area (Å²) in [5.74, 6) is 0.877. The van der Waals surface area contributed by atoms with E-state index in [0.717, 1.165) is 11.8 Å². The van der Waals surface area contributed by atoms with Crippen LogP contribution in [0.15, 0.2) is 24.3 Å². The van der Waals surface area contributed by atoms with E-state index in [1.165, 1.54) is 0 Å². The van der Waals surface area contributed by atoms with Gasteiger partial charge in [-0.25, -0.2) is 0 Å². The van der Waals surface area contributed by atoms with Gasteiger partial charge in [0.25, 0.3) is 5.91 Å². The largest absolute Gasteiger partial charge is 0.490 e. The summed E-state index contributed by atoms with van der Waals surface area (Å²) in [5, 5.41) is 17.1. The van der Waals surface area contributed by atoms with Gasteiger partial charge < -0.3 is 24.8 Å². The number of ether oxygens (including phenoxy) is 3. The van der Waals surface area contributed by atoms with Gasteiger partial charge >= 0.3 is 0 Å². The van der Waals surface area contributed by atoms with Crippen LogP contribution in [0.2, 0.25) is 0 Å². The van der Waals surface area contributed by atoms with E-state index >= 15 is 0 Å². The first kappa shape index (κ1) is 25.2. The maximum absolute atomic E-state index is 12.3. The molecule has 0 saturated carbocycles. The van der Waals surface area contributed by atoms with Crippen LogP contribution in [-0.4, -0.2) is 56.9 Å². The third-order valence-corrected chi connectivity index (χ3v) is 4.25. The molecule has 162 valence electrons. The Morgan fingerprint density at radius 2 is 1.97 bits per heavy atom. The van der Waals surface area contributed by atoms with Crippen molar-refractivity contribution in [1.29, 1.82) is 5.26 Å². The van der Waals surface area contributed by atoms with E-state index in [1.54, 1.807) is 24.3 Å². The molecule has 2 N–H and O–H groups in total. The molecule has 0 radical (unpaired) electrons. The Morgan fingerprint density at radius 3 is 2.66 bits per heavy atom. The van der Waals surface area contributed by atoms with E-state index in [-0.39, 0.29) is 12.5 Å². The Morgan fingerprint density at radius 1 is 1.17 bits per heavy atom. The lowest BCUT2D eigenvalue weighted by atomic mass is 10.2. The summed E-state index contributed by atoms with van der Waals surface area (Å²) in [6, 6.07) is 7.35. The van der Waals surface area contributed by atoms with Gasteiger partial charge in [0.1, 0.15) is 17.8 Å². The summed E-state index contributed by atoms with van der Waals surface area (Å²) in [5.41, 5.74) is 0.0989. The highest BCUT2D eigenvalue weighted by molar-refractivity contribution is 8.04. The van der Waals surface area contributed by atoms with Crippen molar-refractivity contribution in [3.63, 3.8) is 0 Å². The zero-order valence-electron chi connectivity index (χ0n) is 17.8. The van der Waals surface area contributed by atoms with E-state index in [1.807, 2.05) is 5.40 Å². The van der Waals surface area contributed by atoms with E-state index in [9.17, 15) is 4.79 Å². The standard InChI is InChI=1S/C21H33N3O4S/c1-16(2)13-26-10-11-27-20(29-15-22)14-28-19-7-5-6-18(12-19)21(25)24-9-8-23-17(3)4/h5-7,12,16-17,20,23H,8-11,13-14H2,1-4H3,(H,24,25). The molecule has 1 aromatic rings. The Bertz CT molecular complexity index is 635. The summed E-state index contributed by atoms with van der Waals surface area (Å²) in [6.07, 6.45) is 0. The lowest BCUT2D eigenvalue weighted by Gasteiger charge is -2.16. The molecule has 0 aliphatic heterocycles. The number of amides is 1. The van der Waals surface area contributed by atoms with E-state index in [0.29, 0.717) is 56.2 Å². The van der Waals surface area contributed by atoms with E-state index in [2.05, 4.69) is 38.3 Å². The average Bonchev–Trinajstić information content (AvgIpc) is 2.68. The van der Waals surface area contributed by atoms with Crippen molar-refractivity contribution in [3.8, 4) is 11.2 Å². The Labute approximate surface area is 178 Å². The number of rotatable bonds is 15. The number of benzene rings is 1. The first-order chi connectivity index (χ1) is 13.9. The minimum Gasteiger partial charge on any atom is -0.490 e. The number of nitriles is 1. The smallest absolute Gasteiger partial charge is 0.251 e. The molecular formula is C21H33N3O4S. The van der Waals surface area contributed by atoms with Crippen molar-refractivity contribution < 1.29 is 19.0 Å². The molecule has 0 heterocycles. The zero-order valence-corrected chi connectivity index (χ0v) is 18.6. The molecule has 0 bridgehead atoms. The highest BCUT2D eigenvalue weighted by atomic mass is 32.2. The molecule has 0 aliphatic carbocycles. The molecular weight excluding hydrogens is 390 g/mol. The van der Waals surface area contributed by atoms with E-state index < -0.39 is 5.44 Å². The van der Waals surface area contributed by atoms with Gasteiger partial charge in [-0.2, -0.15) is 5.26 Å². The SMILES string of the molecule is CC(C)COCCOC(COc1cccc(C(=O)NCCNC(C)C)c1)SC#N. The van der Waals surface area contributed by atoms with Crippen molar-refractivity contribution in [1.82, 2.24) is 10.6 Å². The van der Waals surface area contributed by atoms with Gasteiger partial charge in [-0.15, -0.1) is 0 Å². The summed E-state index contributed by atoms with van der Waals surface area (Å²) in [4.78, 5) is 12.3. The lowest BCUT2D eigenvalue weighted by Crippen LogP contribution is -2.34.